The number of hydrogen-bond donors (Lipinski definition) is 1. The topological polar surface area (TPSA) is 99.9 Å². The minimum absolute atomic E-state index is 0.0927. The van der Waals surface area contributed by atoms with Crippen molar-refractivity contribution in [2.75, 3.05) is 27.1 Å². The predicted molar refractivity (Wildman–Crippen MR) is 152 cm³/mol. The first-order chi connectivity index (χ1) is 18.4. The molecule has 1 amide bonds. The van der Waals surface area contributed by atoms with Crippen molar-refractivity contribution in [3.63, 3.8) is 0 Å². The van der Waals surface area contributed by atoms with Gasteiger partial charge in [-0.25, -0.2) is 5.43 Å². The lowest BCUT2D eigenvalue weighted by atomic mass is 10.1. The smallest absolute Gasteiger partial charge is 0.250 e. The van der Waals surface area contributed by atoms with Crippen LogP contribution in [0.2, 0.25) is 0 Å². The number of methoxy groups -OCH3 is 3. The van der Waals surface area contributed by atoms with E-state index in [9.17, 15) is 4.79 Å². The van der Waals surface area contributed by atoms with Gasteiger partial charge in [0, 0.05) is 15.7 Å². The third-order valence-corrected chi connectivity index (χ3v) is 6.92. The molecule has 1 heterocycles. The molecular weight excluding hydrogens is 570 g/mol. The molecule has 0 atom stereocenters. The molecule has 0 unspecified atom stereocenters. The maximum atomic E-state index is 12.6. The summed E-state index contributed by atoms with van der Waals surface area (Å²) in [6, 6.07) is 21.0. The summed E-state index contributed by atoms with van der Waals surface area (Å²) in [5.41, 5.74) is 5.77. The summed E-state index contributed by atoms with van der Waals surface area (Å²) >= 11 is 4.70. The number of aromatic nitrogens is 3. The summed E-state index contributed by atoms with van der Waals surface area (Å²) in [5, 5.41) is 13.6. The van der Waals surface area contributed by atoms with Crippen molar-refractivity contribution < 1.29 is 19.0 Å². The lowest BCUT2D eigenvalue weighted by Gasteiger charge is -2.15. The fraction of sp³-hybridized carbons (Fsp3) is 0.185. The molecule has 0 saturated carbocycles. The van der Waals surface area contributed by atoms with Crippen LogP contribution in [0.1, 0.15) is 12.5 Å². The van der Waals surface area contributed by atoms with Crippen LogP contribution in [0.3, 0.4) is 0 Å². The van der Waals surface area contributed by atoms with Gasteiger partial charge in [0.15, 0.2) is 22.5 Å². The first kappa shape index (κ1) is 27.2. The lowest BCUT2D eigenvalue weighted by molar-refractivity contribution is -0.118. The molecule has 1 aromatic heterocycles. The standard InChI is InChI=1S/C27H26BrN5O4S/c1-17(18-9-8-10-20(28)13-18)29-30-24(34)16-38-27-32-31-26(33(27)21-11-6-5-7-12-21)19-14-22(35-2)25(37-4)23(15-19)36-3/h5-15H,16H2,1-4H3,(H,30,34). The molecule has 0 saturated heterocycles. The molecule has 0 aliphatic heterocycles. The third kappa shape index (κ3) is 6.17. The van der Waals surface area contributed by atoms with E-state index in [0.717, 1.165) is 15.7 Å². The van der Waals surface area contributed by atoms with Crippen LogP contribution in [0, 0.1) is 0 Å². The normalized spacial score (nSPS) is 11.2. The number of para-hydroxylation sites is 1. The van der Waals surface area contributed by atoms with E-state index in [1.807, 2.05) is 78.2 Å². The Labute approximate surface area is 233 Å². The summed E-state index contributed by atoms with van der Waals surface area (Å²) in [7, 11) is 4.67. The van der Waals surface area contributed by atoms with Crippen molar-refractivity contribution in [3.05, 3.63) is 76.8 Å². The summed E-state index contributed by atoms with van der Waals surface area (Å²) in [6.07, 6.45) is 0. The highest BCUT2D eigenvalue weighted by Crippen LogP contribution is 2.41. The molecule has 38 heavy (non-hydrogen) atoms. The van der Waals surface area contributed by atoms with Crippen molar-refractivity contribution in [2.24, 2.45) is 5.10 Å². The van der Waals surface area contributed by atoms with Gasteiger partial charge in [0.1, 0.15) is 0 Å². The summed E-state index contributed by atoms with van der Waals surface area (Å²) < 4.78 is 19.3. The van der Waals surface area contributed by atoms with Crippen molar-refractivity contribution in [1.29, 1.82) is 0 Å². The molecule has 0 aliphatic rings. The Morgan fingerprint density at radius 1 is 0.974 bits per heavy atom. The largest absolute Gasteiger partial charge is 0.493 e. The molecule has 0 aliphatic carbocycles. The average molecular weight is 597 g/mol. The maximum absolute atomic E-state index is 12.6. The van der Waals surface area contributed by atoms with Crippen LogP contribution in [0.25, 0.3) is 17.1 Å². The highest BCUT2D eigenvalue weighted by atomic mass is 79.9. The number of hydrazone groups is 1. The number of rotatable bonds is 10. The van der Waals surface area contributed by atoms with E-state index >= 15 is 0 Å². The Kier molecular flexibility index (Phi) is 9.03. The van der Waals surface area contributed by atoms with Crippen molar-refractivity contribution >= 4 is 39.3 Å². The Bertz CT molecular complexity index is 1430. The molecule has 4 aromatic rings. The second-order valence-electron chi connectivity index (χ2n) is 7.92. The van der Waals surface area contributed by atoms with Crippen LogP contribution in [-0.4, -0.2) is 53.5 Å². The van der Waals surface area contributed by atoms with Gasteiger partial charge in [-0.05, 0) is 48.9 Å². The van der Waals surface area contributed by atoms with Gasteiger partial charge in [0.25, 0.3) is 5.91 Å². The zero-order valence-electron chi connectivity index (χ0n) is 21.3. The number of nitrogens with zero attached hydrogens (tertiary/aromatic N) is 4. The predicted octanol–water partition coefficient (Wildman–Crippen LogP) is 5.36. The van der Waals surface area contributed by atoms with E-state index < -0.39 is 0 Å². The fourth-order valence-corrected chi connectivity index (χ4v) is 4.80. The van der Waals surface area contributed by atoms with Crippen LogP contribution in [0.15, 0.2) is 81.5 Å². The fourth-order valence-electron chi connectivity index (χ4n) is 3.66. The molecule has 0 radical (unpaired) electrons. The van der Waals surface area contributed by atoms with Crippen molar-refractivity contribution in [1.82, 2.24) is 20.2 Å². The number of thioether (sulfide) groups is 1. The minimum Gasteiger partial charge on any atom is -0.493 e. The first-order valence-electron chi connectivity index (χ1n) is 11.5. The van der Waals surface area contributed by atoms with Crippen molar-refractivity contribution in [3.8, 4) is 34.3 Å². The molecule has 11 heteroatoms. The van der Waals surface area contributed by atoms with Gasteiger partial charge in [-0.1, -0.05) is 58.0 Å². The Balaban J connectivity index is 1.61. The van der Waals surface area contributed by atoms with E-state index in [1.54, 1.807) is 21.3 Å². The minimum atomic E-state index is -0.263. The zero-order chi connectivity index (χ0) is 27.1. The number of halogens is 1. The SMILES string of the molecule is COc1cc(-c2nnc(SCC(=O)NN=C(C)c3cccc(Br)c3)n2-c2ccccc2)cc(OC)c1OC. The van der Waals surface area contributed by atoms with Crippen LogP contribution in [0.5, 0.6) is 17.2 Å². The second-order valence-corrected chi connectivity index (χ2v) is 9.78. The van der Waals surface area contributed by atoms with E-state index in [1.165, 1.54) is 11.8 Å². The molecule has 4 rings (SSSR count). The molecule has 0 fully saturated rings. The molecular formula is C27H26BrN5O4S. The van der Waals surface area contributed by atoms with E-state index in [-0.39, 0.29) is 11.7 Å². The van der Waals surface area contributed by atoms with Gasteiger partial charge < -0.3 is 14.2 Å². The monoisotopic (exact) mass is 595 g/mol. The molecule has 3 aromatic carbocycles. The zero-order valence-corrected chi connectivity index (χ0v) is 23.7. The quantitative estimate of drug-likeness (QED) is 0.150. The number of benzene rings is 3. The average Bonchev–Trinajstić information content (AvgIpc) is 3.38. The summed E-state index contributed by atoms with van der Waals surface area (Å²) in [6.45, 7) is 1.84. The van der Waals surface area contributed by atoms with E-state index in [4.69, 9.17) is 14.2 Å². The van der Waals surface area contributed by atoms with Gasteiger partial charge in [-0.15, -0.1) is 10.2 Å². The molecule has 9 nitrogen and oxygen atoms in total. The Morgan fingerprint density at radius 2 is 1.68 bits per heavy atom. The van der Waals surface area contributed by atoms with Gasteiger partial charge in [-0.2, -0.15) is 5.10 Å². The second kappa shape index (κ2) is 12.6. The van der Waals surface area contributed by atoms with Crippen LogP contribution in [0.4, 0.5) is 0 Å². The summed E-state index contributed by atoms with van der Waals surface area (Å²) in [4.78, 5) is 12.6. The maximum Gasteiger partial charge on any atom is 0.250 e. The number of carbonyl (C=O) groups excluding carboxylic acids is 1. The van der Waals surface area contributed by atoms with E-state index in [2.05, 4.69) is 36.7 Å². The highest BCUT2D eigenvalue weighted by Gasteiger charge is 2.21. The molecule has 0 bridgehead atoms. The van der Waals surface area contributed by atoms with E-state index in [0.29, 0.717) is 39.5 Å². The lowest BCUT2D eigenvalue weighted by Crippen LogP contribution is -2.21. The number of carbonyl (C=O) groups is 1. The van der Waals surface area contributed by atoms with Gasteiger partial charge in [0.2, 0.25) is 5.75 Å². The van der Waals surface area contributed by atoms with Crippen LogP contribution >= 0.6 is 27.7 Å². The highest BCUT2D eigenvalue weighted by molar-refractivity contribution is 9.10. The van der Waals surface area contributed by atoms with Gasteiger partial charge >= 0.3 is 0 Å². The van der Waals surface area contributed by atoms with Gasteiger partial charge in [-0.3, -0.25) is 9.36 Å². The Hall–Kier alpha value is -3.83. The van der Waals surface area contributed by atoms with Crippen LogP contribution in [-0.2, 0) is 4.79 Å². The number of amides is 1. The van der Waals surface area contributed by atoms with Crippen LogP contribution < -0.4 is 19.6 Å². The first-order valence-corrected chi connectivity index (χ1v) is 13.3. The number of ether oxygens (including phenoxy) is 3. The number of nitrogens with one attached hydrogen (secondary N) is 1. The van der Waals surface area contributed by atoms with Crippen molar-refractivity contribution in [2.45, 2.75) is 12.1 Å². The molecule has 0 spiro atoms. The molecule has 196 valence electrons. The summed E-state index contributed by atoms with van der Waals surface area (Å²) in [5.74, 6) is 1.86. The Morgan fingerprint density at radius 3 is 2.32 bits per heavy atom. The third-order valence-electron chi connectivity index (χ3n) is 5.49. The van der Waals surface area contributed by atoms with Gasteiger partial charge in [0.05, 0.1) is 32.8 Å². The number of hydrogen-bond acceptors (Lipinski definition) is 8. The molecule has 1 N–H and O–H groups in total.